The highest BCUT2D eigenvalue weighted by Crippen LogP contribution is 2.27. The first-order chi connectivity index (χ1) is 11.7. The molecule has 1 aliphatic heterocycles. The Labute approximate surface area is 138 Å². The summed E-state index contributed by atoms with van der Waals surface area (Å²) in [5, 5.41) is 20.9. The van der Waals surface area contributed by atoms with E-state index in [-0.39, 0.29) is 5.92 Å². The molecular weight excluding hydrogens is 306 g/mol. The zero-order chi connectivity index (χ0) is 16.5. The second kappa shape index (κ2) is 5.81. The van der Waals surface area contributed by atoms with Crippen molar-refractivity contribution < 1.29 is 0 Å². The summed E-state index contributed by atoms with van der Waals surface area (Å²) in [6.07, 6.45) is 9.50. The summed E-state index contributed by atoms with van der Waals surface area (Å²) in [4.78, 5) is 10.8. The molecule has 0 radical (unpaired) electrons. The zero-order valence-electron chi connectivity index (χ0n) is 13.3. The quantitative estimate of drug-likeness (QED) is 0.724. The Balaban J connectivity index is 1.70. The van der Waals surface area contributed by atoms with Gasteiger partial charge in [0, 0.05) is 38.3 Å². The largest absolute Gasteiger partial charge is 0.320 e. The van der Waals surface area contributed by atoms with Crippen LogP contribution in [0.3, 0.4) is 0 Å². The molecule has 1 fully saturated rings. The van der Waals surface area contributed by atoms with Crippen LogP contribution in [0.15, 0.2) is 24.8 Å². The molecule has 0 bridgehead atoms. The summed E-state index contributed by atoms with van der Waals surface area (Å²) in [5.74, 6) is 1.53. The lowest BCUT2D eigenvalue weighted by molar-refractivity contribution is 0.288. The van der Waals surface area contributed by atoms with E-state index in [4.69, 9.17) is 10.2 Å². The van der Waals surface area contributed by atoms with Gasteiger partial charge in [0.2, 0.25) is 0 Å². The van der Waals surface area contributed by atoms with Crippen LogP contribution in [0.25, 0.3) is 5.65 Å². The summed E-state index contributed by atoms with van der Waals surface area (Å²) < 4.78 is 3.44. The molecule has 9 nitrogen and oxygen atoms in total. The number of rotatable bonds is 3. The molecule has 3 aromatic heterocycles. The van der Waals surface area contributed by atoms with Crippen LogP contribution in [-0.2, 0) is 7.05 Å². The van der Waals surface area contributed by atoms with Crippen molar-refractivity contribution in [1.29, 1.82) is 5.26 Å². The first-order valence-electron chi connectivity index (χ1n) is 7.84. The molecule has 1 atom stereocenters. The number of nitriles is 1. The summed E-state index contributed by atoms with van der Waals surface area (Å²) in [7, 11) is 1.86. The molecule has 0 saturated carbocycles. The number of anilines is 2. The summed E-state index contributed by atoms with van der Waals surface area (Å²) in [6.45, 7) is 1.50. The summed E-state index contributed by atoms with van der Waals surface area (Å²) in [5.41, 5.74) is 1.56. The highest BCUT2D eigenvalue weighted by molar-refractivity contribution is 5.67. The Morgan fingerprint density at radius 2 is 2.33 bits per heavy atom. The number of aromatic nitrogens is 6. The van der Waals surface area contributed by atoms with E-state index in [0.29, 0.717) is 23.8 Å². The Kier molecular flexibility index (Phi) is 3.49. The first-order valence-corrected chi connectivity index (χ1v) is 7.84. The maximum Gasteiger partial charge on any atom is 0.198 e. The van der Waals surface area contributed by atoms with Gasteiger partial charge in [0.1, 0.15) is 6.33 Å². The van der Waals surface area contributed by atoms with Gasteiger partial charge in [0.05, 0.1) is 11.9 Å². The van der Waals surface area contributed by atoms with E-state index < -0.39 is 0 Å². The van der Waals surface area contributed by atoms with Gasteiger partial charge in [0.25, 0.3) is 0 Å². The van der Waals surface area contributed by atoms with E-state index in [1.54, 1.807) is 14.1 Å². The fourth-order valence-corrected chi connectivity index (χ4v) is 3.04. The van der Waals surface area contributed by atoms with Gasteiger partial charge in [0.15, 0.2) is 23.5 Å². The smallest absolute Gasteiger partial charge is 0.198 e. The third-order valence-electron chi connectivity index (χ3n) is 4.22. The zero-order valence-corrected chi connectivity index (χ0v) is 13.3. The lowest BCUT2D eigenvalue weighted by Crippen LogP contribution is -2.31. The molecule has 0 amide bonds. The lowest BCUT2D eigenvalue weighted by Gasteiger charge is -2.28. The second-order valence-corrected chi connectivity index (χ2v) is 5.93. The minimum Gasteiger partial charge on any atom is -0.320 e. The average Bonchev–Trinajstić information content (AvgIpc) is 3.23. The van der Waals surface area contributed by atoms with E-state index in [0.717, 1.165) is 25.1 Å². The van der Waals surface area contributed by atoms with Crippen LogP contribution in [0.5, 0.6) is 0 Å². The fraction of sp³-hybridized carbons (Fsp3) is 0.400. The minimum absolute atomic E-state index is 0.205. The maximum absolute atomic E-state index is 9.15. The number of piperidine rings is 1. The molecule has 1 saturated heterocycles. The molecule has 0 aromatic carbocycles. The van der Waals surface area contributed by atoms with Crippen LogP contribution in [0, 0.1) is 11.5 Å². The molecule has 24 heavy (non-hydrogen) atoms. The summed E-state index contributed by atoms with van der Waals surface area (Å²) >= 11 is 0. The molecular formula is C15H17N9. The topological polar surface area (TPSA) is 100.0 Å². The highest BCUT2D eigenvalue weighted by atomic mass is 15.3. The van der Waals surface area contributed by atoms with Crippen LogP contribution in [0.1, 0.15) is 24.5 Å². The van der Waals surface area contributed by atoms with Crippen molar-refractivity contribution in [2.24, 2.45) is 7.05 Å². The van der Waals surface area contributed by atoms with Crippen LogP contribution < -0.4 is 5.32 Å². The monoisotopic (exact) mass is 323 g/mol. The van der Waals surface area contributed by atoms with Gasteiger partial charge < -0.3 is 10.2 Å². The standard InChI is InChI=1S/C15H17N9/c1-22-6-4-13(21-22)20-14-15-17-10-18-24(15)8-12(19-14)11-3-2-5-23(7-11)9-16/h4,6,8,10-11H,2-3,5,7H2,1H3,(H,19,20,21). The van der Waals surface area contributed by atoms with E-state index in [2.05, 4.69) is 26.7 Å². The third kappa shape index (κ3) is 2.62. The van der Waals surface area contributed by atoms with Gasteiger partial charge in [-0.3, -0.25) is 4.68 Å². The van der Waals surface area contributed by atoms with Crippen molar-refractivity contribution in [3.8, 4) is 6.19 Å². The Morgan fingerprint density at radius 1 is 1.42 bits per heavy atom. The van der Waals surface area contributed by atoms with Crippen LogP contribution in [-0.4, -0.2) is 47.4 Å². The van der Waals surface area contributed by atoms with Crippen molar-refractivity contribution in [3.05, 3.63) is 30.5 Å². The number of likely N-dealkylation sites (tertiary alicyclic amines) is 1. The first kappa shape index (κ1) is 14.4. The maximum atomic E-state index is 9.15. The normalized spacial score (nSPS) is 17.8. The van der Waals surface area contributed by atoms with Crippen molar-refractivity contribution in [2.75, 3.05) is 18.4 Å². The molecule has 3 aromatic rings. The highest BCUT2D eigenvalue weighted by Gasteiger charge is 2.23. The van der Waals surface area contributed by atoms with Crippen LogP contribution >= 0.6 is 0 Å². The van der Waals surface area contributed by atoms with Gasteiger partial charge in [-0.15, -0.1) is 0 Å². The van der Waals surface area contributed by atoms with Crippen molar-refractivity contribution in [1.82, 2.24) is 34.3 Å². The molecule has 1 N–H and O–H groups in total. The van der Waals surface area contributed by atoms with E-state index in [9.17, 15) is 0 Å². The van der Waals surface area contributed by atoms with Crippen molar-refractivity contribution in [3.63, 3.8) is 0 Å². The third-order valence-corrected chi connectivity index (χ3v) is 4.22. The molecule has 122 valence electrons. The fourth-order valence-electron chi connectivity index (χ4n) is 3.04. The number of hydrogen-bond donors (Lipinski definition) is 1. The molecule has 0 aliphatic carbocycles. The molecule has 0 spiro atoms. The van der Waals surface area contributed by atoms with Gasteiger partial charge >= 0.3 is 0 Å². The van der Waals surface area contributed by atoms with Gasteiger partial charge in [-0.1, -0.05) is 0 Å². The van der Waals surface area contributed by atoms with E-state index in [1.165, 1.54) is 6.33 Å². The summed E-state index contributed by atoms with van der Waals surface area (Å²) in [6, 6.07) is 1.87. The minimum atomic E-state index is 0.205. The van der Waals surface area contributed by atoms with Crippen molar-refractivity contribution in [2.45, 2.75) is 18.8 Å². The number of fused-ring (bicyclic) bond motifs is 1. The lowest BCUT2D eigenvalue weighted by atomic mass is 9.95. The molecule has 4 heterocycles. The molecule has 1 aliphatic rings. The van der Waals surface area contributed by atoms with Crippen molar-refractivity contribution >= 4 is 17.3 Å². The number of aryl methyl sites for hydroxylation is 1. The number of nitrogens with zero attached hydrogens (tertiary/aromatic N) is 8. The predicted octanol–water partition coefficient (Wildman–Crippen LogP) is 1.26. The van der Waals surface area contributed by atoms with Gasteiger partial charge in [-0.05, 0) is 12.8 Å². The molecule has 9 heteroatoms. The Bertz CT molecular complexity index is 903. The second-order valence-electron chi connectivity index (χ2n) is 5.93. The Hall–Kier alpha value is -3.15. The SMILES string of the molecule is Cn1ccc(Nc2nc(C3CCCN(C#N)C3)cn3ncnc23)n1. The van der Waals surface area contributed by atoms with E-state index in [1.807, 2.05) is 25.5 Å². The number of hydrogen-bond acceptors (Lipinski definition) is 7. The average molecular weight is 323 g/mol. The predicted molar refractivity (Wildman–Crippen MR) is 86.4 cm³/mol. The molecule has 4 rings (SSSR count). The van der Waals surface area contributed by atoms with E-state index >= 15 is 0 Å². The van der Waals surface area contributed by atoms with Crippen LogP contribution in [0.4, 0.5) is 11.6 Å². The molecule has 1 unspecified atom stereocenters. The van der Waals surface area contributed by atoms with Gasteiger partial charge in [-0.2, -0.15) is 15.5 Å². The Morgan fingerprint density at radius 3 is 3.12 bits per heavy atom. The van der Waals surface area contributed by atoms with Crippen LogP contribution in [0.2, 0.25) is 0 Å². The number of nitrogens with one attached hydrogen (secondary N) is 1. The van der Waals surface area contributed by atoms with Gasteiger partial charge in [-0.25, -0.2) is 14.5 Å².